The molecule has 3 rings (SSSR count). The average Bonchev–Trinajstić information content (AvgIpc) is 2.70. The molecule has 0 saturated carbocycles. The van der Waals surface area contributed by atoms with Crippen LogP contribution in [-0.4, -0.2) is 16.9 Å². The molecule has 0 aliphatic carbocycles. The van der Waals surface area contributed by atoms with E-state index in [0.29, 0.717) is 11.1 Å². The lowest BCUT2D eigenvalue weighted by atomic mass is 9.81. The maximum absolute atomic E-state index is 13.3. The molecule has 0 aromatic heterocycles. The van der Waals surface area contributed by atoms with E-state index in [0.717, 1.165) is 0 Å². The van der Waals surface area contributed by atoms with Crippen molar-refractivity contribution >= 4 is 17.4 Å². The Morgan fingerprint density at radius 3 is 2.11 bits per heavy atom. The van der Waals surface area contributed by atoms with Gasteiger partial charge in [-0.25, -0.2) is 4.79 Å². The monoisotopic (exact) mass is 357 g/mol. The van der Waals surface area contributed by atoms with Crippen LogP contribution in [0, 0.1) is 0 Å². The van der Waals surface area contributed by atoms with Crippen molar-refractivity contribution in [1.29, 1.82) is 0 Å². The lowest BCUT2D eigenvalue weighted by molar-refractivity contribution is 0.0695. The molecule has 0 saturated heterocycles. The Balaban J connectivity index is 2.31. The molecule has 132 valence electrons. The molecule has 1 unspecified atom stereocenters. The Hall–Kier alpha value is -3.89. The molecular formula is C21H15N3O3. The summed E-state index contributed by atoms with van der Waals surface area (Å²) in [4.78, 5) is 28.0. The summed E-state index contributed by atoms with van der Waals surface area (Å²) in [7, 11) is 0. The topological polar surface area (TPSA) is 103 Å². The van der Waals surface area contributed by atoms with E-state index in [-0.39, 0.29) is 22.6 Å². The van der Waals surface area contributed by atoms with Crippen LogP contribution >= 0.6 is 0 Å². The van der Waals surface area contributed by atoms with Gasteiger partial charge in [-0.15, -0.1) is 0 Å². The van der Waals surface area contributed by atoms with E-state index in [2.05, 4.69) is 10.0 Å². The fourth-order valence-corrected chi connectivity index (χ4v) is 3.04. The number of hydrogen-bond acceptors (Lipinski definition) is 3. The number of carbonyl (C=O) groups is 2. The highest BCUT2D eigenvalue weighted by Gasteiger charge is 2.30. The van der Waals surface area contributed by atoms with Crippen LogP contribution in [0.4, 0.5) is 5.69 Å². The molecule has 6 nitrogen and oxygen atoms in total. The quantitative estimate of drug-likeness (QED) is 0.278. The van der Waals surface area contributed by atoms with Crippen molar-refractivity contribution in [3.63, 3.8) is 0 Å². The highest BCUT2D eigenvalue weighted by Crippen LogP contribution is 2.37. The van der Waals surface area contributed by atoms with Crippen molar-refractivity contribution in [2.75, 3.05) is 0 Å². The minimum absolute atomic E-state index is 0.0713. The first-order valence-corrected chi connectivity index (χ1v) is 8.19. The van der Waals surface area contributed by atoms with E-state index < -0.39 is 11.9 Å². The number of benzene rings is 3. The first-order valence-electron chi connectivity index (χ1n) is 8.19. The third-order valence-corrected chi connectivity index (χ3v) is 4.21. The van der Waals surface area contributed by atoms with Crippen LogP contribution < -0.4 is 0 Å². The van der Waals surface area contributed by atoms with Crippen LogP contribution in [0.3, 0.4) is 0 Å². The Kier molecular flexibility index (Phi) is 5.30. The van der Waals surface area contributed by atoms with Gasteiger partial charge in [-0.1, -0.05) is 77.9 Å². The summed E-state index contributed by atoms with van der Waals surface area (Å²) in [6, 6.07) is 21.9. The van der Waals surface area contributed by atoms with Crippen LogP contribution in [0.5, 0.6) is 0 Å². The molecule has 3 aromatic rings. The molecule has 0 aliphatic rings. The van der Waals surface area contributed by atoms with Gasteiger partial charge in [0, 0.05) is 16.2 Å². The molecule has 0 aliphatic heterocycles. The minimum Gasteiger partial charge on any atom is -0.478 e. The van der Waals surface area contributed by atoms with Crippen molar-refractivity contribution in [3.8, 4) is 0 Å². The van der Waals surface area contributed by atoms with Crippen LogP contribution in [0.15, 0.2) is 84.0 Å². The van der Waals surface area contributed by atoms with Crippen molar-refractivity contribution in [1.82, 2.24) is 0 Å². The van der Waals surface area contributed by atoms with Crippen LogP contribution in [0.1, 0.15) is 37.8 Å². The zero-order chi connectivity index (χ0) is 19.2. The van der Waals surface area contributed by atoms with Crippen molar-refractivity contribution < 1.29 is 14.7 Å². The van der Waals surface area contributed by atoms with Gasteiger partial charge in [-0.2, -0.15) is 0 Å². The number of carboxylic acids is 1. The number of rotatable bonds is 6. The van der Waals surface area contributed by atoms with Crippen LogP contribution in [-0.2, 0) is 0 Å². The summed E-state index contributed by atoms with van der Waals surface area (Å²) in [6.45, 7) is 0. The van der Waals surface area contributed by atoms with Gasteiger partial charge in [-0.05, 0) is 22.7 Å². The van der Waals surface area contributed by atoms with Crippen molar-refractivity contribution in [2.45, 2.75) is 5.92 Å². The molecule has 1 atom stereocenters. The number of carboxylic acid groups (broad SMARTS) is 1. The first kappa shape index (κ1) is 17.9. The van der Waals surface area contributed by atoms with E-state index in [4.69, 9.17) is 5.53 Å². The first-order chi connectivity index (χ1) is 13.1. The SMILES string of the molecule is [N-]=[N+]=Nc1cccc(C(=O)O)c1C(C(=O)c1ccccc1)c1ccccc1. The zero-order valence-electron chi connectivity index (χ0n) is 14.2. The summed E-state index contributed by atoms with van der Waals surface area (Å²) >= 11 is 0. The number of azide groups is 1. The summed E-state index contributed by atoms with van der Waals surface area (Å²) in [5, 5.41) is 13.3. The summed E-state index contributed by atoms with van der Waals surface area (Å²) < 4.78 is 0. The smallest absolute Gasteiger partial charge is 0.336 e. The van der Waals surface area contributed by atoms with E-state index in [1.165, 1.54) is 18.2 Å². The van der Waals surface area contributed by atoms with Gasteiger partial charge in [0.15, 0.2) is 5.78 Å². The predicted octanol–water partition coefficient (Wildman–Crippen LogP) is 5.34. The van der Waals surface area contributed by atoms with E-state index in [1.54, 1.807) is 54.6 Å². The Labute approximate surface area is 155 Å². The molecule has 6 heteroatoms. The second-order valence-corrected chi connectivity index (χ2v) is 5.81. The van der Waals surface area contributed by atoms with Gasteiger partial charge in [0.05, 0.1) is 11.5 Å². The average molecular weight is 357 g/mol. The minimum atomic E-state index is -1.19. The van der Waals surface area contributed by atoms with E-state index >= 15 is 0 Å². The summed E-state index contributed by atoms with van der Waals surface area (Å²) in [5.74, 6) is -2.38. The van der Waals surface area contributed by atoms with Gasteiger partial charge < -0.3 is 5.11 Å². The second-order valence-electron chi connectivity index (χ2n) is 5.81. The van der Waals surface area contributed by atoms with Gasteiger partial charge >= 0.3 is 5.97 Å². The molecule has 0 radical (unpaired) electrons. The molecular weight excluding hydrogens is 342 g/mol. The molecule has 0 spiro atoms. The molecule has 1 N–H and O–H groups in total. The maximum atomic E-state index is 13.3. The number of ketones is 1. The number of carbonyl (C=O) groups excluding carboxylic acids is 1. The molecule has 0 heterocycles. The third-order valence-electron chi connectivity index (χ3n) is 4.21. The molecule has 27 heavy (non-hydrogen) atoms. The maximum Gasteiger partial charge on any atom is 0.336 e. The van der Waals surface area contributed by atoms with Gasteiger partial charge in [0.25, 0.3) is 0 Å². The van der Waals surface area contributed by atoms with Crippen LogP contribution in [0.2, 0.25) is 0 Å². The van der Waals surface area contributed by atoms with E-state index in [9.17, 15) is 14.7 Å². The second kappa shape index (κ2) is 7.99. The number of hydrogen-bond donors (Lipinski definition) is 1. The summed E-state index contributed by atoms with van der Waals surface area (Å²) in [5.41, 5.74) is 10.2. The molecule has 0 fully saturated rings. The standard InChI is InChI=1S/C21H15N3O3/c22-24-23-17-13-7-12-16(21(26)27)19(17)18(14-8-3-1-4-9-14)20(25)15-10-5-2-6-11-15/h1-13,18H,(H,26,27). The highest BCUT2D eigenvalue weighted by molar-refractivity contribution is 6.06. The summed E-state index contributed by atoms with van der Waals surface area (Å²) in [6.07, 6.45) is 0. The lowest BCUT2D eigenvalue weighted by Crippen LogP contribution is -2.18. The van der Waals surface area contributed by atoms with Gasteiger partial charge in [0.1, 0.15) is 0 Å². The van der Waals surface area contributed by atoms with E-state index in [1.807, 2.05) is 6.07 Å². The third kappa shape index (κ3) is 3.71. The van der Waals surface area contributed by atoms with Gasteiger partial charge in [-0.3, -0.25) is 4.79 Å². The van der Waals surface area contributed by atoms with Crippen molar-refractivity contribution in [3.05, 3.63) is 112 Å². The highest BCUT2D eigenvalue weighted by atomic mass is 16.4. The van der Waals surface area contributed by atoms with Crippen molar-refractivity contribution in [2.24, 2.45) is 5.11 Å². The Morgan fingerprint density at radius 1 is 0.889 bits per heavy atom. The van der Waals surface area contributed by atoms with Gasteiger partial charge in [0.2, 0.25) is 0 Å². The number of Topliss-reactive ketones (excluding diaryl/α,β-unsaturated/α-hetero) is 1. The largest absolute Gasteiger partial charge is 0.478 e. The number of aromatic carboxylic acids is 1. The van der Waals surface area contributed by atoms with Crippen LogP contribution in [0.25, 0.3) is 10.4 Å². The molecule has 0 bridgehead atoms. The lowest BCUT2D eigenvalue weighted by Gasteiger charge is -2.21. The fourth-order valence-electron chi connectivity index (χ4n) is 3.04. The zero-order valence-corrected chi connectivity index (χ0v) is 14.2. The number of nitrogens with zero attached hydrogens (tertiary/aromatic N) is 3. The molecule has 0 amide bonds. The fraction of sp³-hybridized carbons (Fsp3) is 0.0476. The molecule has 3 aromatic carbocycles. The normalized spacial score (nSPS) is 11.3. The Bertz CT molecular complexity index is 1010. The Morgan fingerprint density at radius 2 is 1.52 bits per heavy atom. The predicted molar refractivity (Wildman–Crippen MR) is 101 cm³/mol.